The number of hydrogen-bond donors (Lipinski definition) is 1. The lowest BCUT2D eigenvalue weighted by Crippen LogP contribution is -2.08. The van der Waals surface area contributed by atoms with Crippen LogP contribution in [0, 0.1) is 0 Å². The van der Waals surface area contributed by atoms with Gasteiger partial charge in [-0.15, -0.1) is 0 Å². The van der Waals surface area contributed by atoms with E-state index >= 15 is 0 Å². The van der Waals surface area contributed by atoms with Crippen molar-refractivity contribution in [1.82, 2.24) is 0 Å². The Bertz CT molecular complexity index is 225. The van der Waals surface area contributed by atoms with E-state index in [1.54, 1.807) is 0 Å². The van der Waals surface area contributed by atoms with E-state index in [-0.39, 0.29) is 12.5 Å². The van der Waals surface area contributed by atoms with Gasteiger partial charge in [-0.3, -0.25) is 4.79 Å². The van der Waals surface area contributed by atoms with Crippen LogP contribution in [0.3, 0.4) is 0 Å². The standard InChI is InChI=1S/C10H17NO3/c1-2-3-4-9-7-8(11-14-9)5-6-10(12)13/h9H,2-7H2,1H3,(H,12,13). The minimum atomic E-state index is -0.773. The van der Waals surface area contributed by atoms with E-state index in [1.807, 2.05) is 0 Å². The Morgan fingerprint density at radius 3 is 3.14 bits per heavy atom. The molecule has 0 aromatic carbocycles. The SMILES string of the molecule is CCCCC1CC(CCC(=O)O)=NO1. The molecule has 1 heterocycles. The first-order valence-electron chi connectivity index (χ1n) is 5.15. The van der Waals surface area contributed by atoms with Crippen molar-refractivity contribution in [3.8, 4) is 0 Å². The Morgan fingerprint density at radius 1 is 1.71 bits per heavy atom. The predicted octanol–water partition coefficient (Wildman–Crippen LogP) is 2.19. The Kier molecular flexibility index (Phi) is 4.43. The van der Waals surface area contributed by atoms with Crippen molar-refractivity contribution in [3.63, 3.8) is 0 Å². The second-order valence-corrected chi connectivity index (χ2v) is 3.63. The fourth-order valence-electron chi connectivity index (χ4n) is 1.47. The van der Waals surface area contributed by atoms with Gasteiger partial charge in [-0.1, -0.05) is 18.5 Å². The van der Waals surface area contributed by atoms with E-state index in [0.29, 0.717) is 6.42 Å². The molecule has 0 aromatic heterocycles. The zero-order valence-corrected chi connectivity index (χ0v) is 8.53. The molecule has 0 fully saturated rings. The van der Waals surface area contributed by atoms with Crippen LogP contribution in [0.4, 0.5) is 0 Å². The first-order chi connectivity index (χ1) is 6.72. The number of carboxylic acids is 1. The summed E-state index contributed by atoms with van der Waals surface area (Å²) >= 11 is 0. The fourth-order valence-corrected chi connectivity index (χ4v) is 1.47. The van der Waals surface area contributed by atoms with Gasteiger partial charge in [0.15, 0.2) is 0 Å². The summed E-state index contributed by atoms with van der Waals surface area (Å²) in [5.74, 6) is -0.773. The number of aliphatic carboxylic acids is 1. The third-order valence-corrected chi connectivity index (χ3v) is 2.30. The first-order valence-corrected chi connectivity index (χ1v) is 5.15. The van der Waals surface area contributed by atoms with Crippen LogP contribution in [0.2, 0.25) is 0 Å². The van der Waals surface area contributed by atoms with Crippen molar-refractivity contribution in [2.24, 2.45) is 5.16 Å². The van der Waals surface area contributed by atoms with Crippen molar-refractivity contribution < 1.29 is 14.7 Å². The van der Waals surface area contributed by atoms with Gasteiger partial charge >= 0.3 is 5.97 Å². The van der Waals surface area contributed by atoms with E-state index < -0.39 is 5.97 Å². The van der Waals surface area contributed by atoms with Crippen molar-refractivity contribution in [3.05, 3.63) is 0 Å². The predicted molar refractivity (Wildman–Crippen MR) is 53.3 cm³/mol. The summed E-state index contributed by atoms with van der Waals surface area (Å²) in [5.41, 5.74) is 0.897. The molecular formula is C10H17NO3. The highest BCUT2D eigenvalue weighted by atomic mass is 16.6. The van der Waals surface area contributed by atoms with Gasteiger partial charge in [-0.05, 0) is 19.3 Å². The third kappa shape index (κ3) is 3.77. The summed E-state index contributed by atoms with van der Waals surface area (Å²) in [6, 6.07) is 0. The molecule has 1 aliphatic rings. The molecule has 1 aliphatic heterocycles. The second-order valence-electron chi connectivity index (χ2n) is 3.63. The maximum absolute atomic E-state index is 10.3. The molecule has 0 amide bonds. The van der Waals surface area contributed by atoms with Crippen molar-refractivity contribution in [1.29, 1.82) is 0 Å². The molecule has 0 spiro atoms. The van der Waals surface area contributed by atoms with E-state index in [1.165, 1.54) is 0 Å². The van der Waals surface area contributed by atoms with Crippen LogP contribution in [-0.4, -0.2) is 22.9 Å². The number of carboxylic acid groups (broad SMARTS) is 1. The van der Waals surface area contributed by atoms with Gasteiger partial charge in [-0.25, -0.2) is 0 Å². The lowest BCUT2D eigenvalue weighted by molar-refractivity contribution is -0.136. The summed E-state index contributed by atoms with van der Waals surface area (Å²) in [7, 11) is 0. The van der Waals surface area contributed by atoms with Crippen LogP contribution in [0.1, 0.15) is 45.4 Å². The molecule has 1 rings (SSSR count). The molecule has 0 saturated carbocycles. The van der Waals surface area contributed by atoms with Crippen LogP contribution in [0.25, 0.3) is 0 Å². The van der Waals surface area contributed by atoms with E-state index in [2.05, 4.69) is 12.1 Å². The van der Waals surface area contributed by atoms with Crippen LogP contribution >= 0.6 is 0 Å². The van der Waals surface area contributed by atoms with Gasteiger partial charge < -0.3 is 9.94 Å². The number of oxime groups is 1. The lowest BCUT2D eigenvalue weighted by atomic mass is 10.0. The highest BCUT2D eigenvalue weighted by Gasteiger charge is 2.20. The molecule has 0 bridgehead atoms. The molecule has 0 saturated heterocycles. The monoisotopic (exact) mass is 199 g/mol. The molecule has 0 aromatic rings. The zero-order valence-electron chi connectivity index (χ0n) is 8.53. The molecule has 0 radical (unpaired) electrons. The zero-order chi connectivity index (χ0) is 10.4. The van der Waals surface area contributed by atoms with Crippen LogP contribution < -0.4 is 0 Å². The largest absolute Gasteiger partial charge is 0.481 e. The molecule has 1 unspecified atom stereocenters. The number of nitrogens with zero attached hydrogens (tertiary/aromatic N) is 1. The summed E-state index contributed by atoms with van der Waals surface area (Å²) in [5, 5.41) is 12.4. The Hall–Kier alpha value is -1.06. The van der Waals surface area contributed by atoms with Crippen LogP contribution in [0.15, 0.2) is 5.16 Å². The quantitative estimate of drug-likeness (QED) is 0.713. The molecular weight excluding hydrogens is 182 g/mol. The second kappa shape index (κ2) is 5.62. The van der Waals surface area contributed by atoms with Gasteiger partial charge in [0, 0.05) is 6.42 Å². The Labute approximate surface area is 83.9 Å². The van der Waals surface area contributed by atoms with Crippen molar-refractivity contribution >= 4 is 11.7 Å². The third-order valence-electron chi connectivity index (χ3n) is 2.30. The van der Waals surface area contributed by atoms with Gasteiger partial charge in [-0.2, -0.15) is 0 Å². The summed E-state index contributed by atoms with van der Waals surface area (Å²) in [6.45, 7) is 2.14. The summed E-state index contributed by atoms with van der Waals surface area (Å²) in [4.78, 5) is 15.5. The number of hydrogen-bond acceptors (Lipinski definition) is 3. The summed E-state index contributed by atoms with van der Waals surface area (Å²) < 4.78 is 0. The normalized spacial score (nSPS) is 20.4. The molecule has 4 heteroatoms. The maximum atomic E-state index is 10.3. The molecule has 1 atom stereocenters. The van der Waals surface area contributed by atoms with Gasteiger partial charge in [0.1, 0.15) is 6.10 Å². The maximum Gasteiger partial charge on any atom is 0.303 e. The van der Waals surface area contributed by atoms with Crippen molar-refractivity contribution in [2.45, 2.75) is 51.6 Å². The van der Waals surface area contributed by atoms with Gasteiger partial charge in [0.2, 0.25) is 0 Å². The average molecular weight is 199 g/mol. The number of rotatable bonds is 6. The number of carbonyl (C=O) groups is 1. The van der Waals surface area contributed by atoms with Crippen LogP contribution in [0.5, 0.6) is 0 Å². The minimum Gasteiger partial charge on any atom is -0.481 e. The van der Waals surface area contributed by atoms with Crippen molar-refractivity contribution in [2.75, 3.05) is 0 Å². The molecule has 1 N–H and O–H groups in total. The lowest BCUT2D eigenvalue weighted by Gasteiger charge is -2.05. The average Bonchev–Trinajstić information content (AvgIpc) is 2.59. The van der Waals surface area contributed by atoms with Crippen LogP contribution in [-0.2, 0) is 9.63 Å². The van der Waals surface area contributed by atoms with Gasteiger partial charge in [0.25, 0.3) is 0 Å². The minimum absolute atomic E-state index is 0.155. The fraction of sp³-hybridized carbons (Fsp3) is 0.800. The highest BCUT2D eigenvalue weighted by Crippen LogP contribution is 2.18. The van der Waals surface area contributed by atoms with E-state index in [0.717, 1.165) is 31.4 Å². The molecule has 0 aliphatic carbocycles. The highest BCUT2D eigenvalue weighted by molar-refractivity contribution is 5.87. The summed E-state index contributed by atoms with van der Waals surface area (Å²) in [6.07, 6.45) is 5.01. The smallest absolute Gasteiger partial charge is 0.303 e. The molecule has 80 valence electrons. The molecule has 14 heavy (non-hydrogen) atoms. The van der Waals surface area contributed by atoms with Gasteiger partial charge in [0.05, 0.1) is 12.1 Å². The Morgan fingerprint density at radius 2 is 2.50 bits per heavy atom. The van der Waals surface area contributed by atoms with E-state index in [4.69, 9.17) is 9.94 Å². The topological polar surface area (TPSA) is 58.9 Å². The van der Waals surface area contributed by atoms with E-state index in [9.17, 15) is 4.79 Å². The first kappa shape index (κ1) is 11.0. The molecule has 4 nitrogen and oxygen atoms in total. The Balaban J connectivity index is 2.15. The number of unbranched alkanes of at least 4 members (excludes halogenated alkanes) is 1.